The Morgan fingerprint density at radius 1 is 1.36 bits per heavy atom. The number of benzene rings is 1. The van der Waals surface area contributed by atoms with Gasteiger partial charge in [-0.3, -0.25) is 4.79 Å². The number of amides is 1. The van der Waals surface area contributed by atoms with Gasteiger partial charge in [-0.15, -0.1) is 11.8 Å². The second-order valence-electron chi connectivity index (χ2n) is 6.11. The van der Waals surface area contributed by atoms with Crippen molar-refractivity contribution in [3.8, 4) is 6.07 Å². The third kappa shape index (κ3) is 4.46. The Bertz CT molecular complexity index is 987. The monoisotopic (exact) mass is 403 g/mol. The fourth-order valence-corrected chi connectivity index (χ4v) is 3.09. The lowest BCUT2D eigenvalue weighted by Crippen LogP contribution is -2.22. The number of hydrogen-bond donors (Lipinski definition) is 1. The van der Waals surface area contributed by atoms with Crippen LogP contribution >= 0.6 is 11.8 Å². The SMILES string of the molecule is CSc1nc(C2CC2)cc(C(=O)OCC(=O)Nc2ccc(F)cc2F)c1C#N. The van der Waals surface area contributed by atoms with Crippen molar-refractivity contribution < 1.29 is 23.1 Å². The summed E-state index contributed by atoms with van der Waals surface area (Å²) in [5.41, 5.74) is 0.620. The Balaban J connectivity index is 1.71. The molecular formula is C19H15F2N3O3S. The molecule has 28 heavy (non-hydrogen) atoms. The number of rotatable bonds is 6. The van der Waals surface area contributed by atoms with Crippen LogP contribution in [0.5, 0.6) is 0 Å². The van der Waals surface area contributed by atoms with Gasteiger partial charge in [0.1, 0.15) is 22.7 Å². The van der Waals surface area contributed by atoms with Gasteiger partial charge in [-0.1, -0.05) is 0 Å². The summed E-state index contributed by atoms with van der Waals surface area (Å²) in [6, 6.07) is 6.16. The van der Waals surface area contributed by atoms with Gasteiger partial charge in [-0.05, 0) is 37.3 Å². The number of halogens is 2. The van der Waals surface area contributed by atoms with E-state index in [2.05, 4.69) is 10.3 Å². The van der Waals surface area contributed by atoms with E-state index < -0.39 is 30.1 Å². The molecule has 0 bridgehead atoms. The first-order valence-corrected chi connectivity index (χ1v) is 9.56. The van der Waals surface area contributed by atoms with E-state index in [1.807, 2.05) is 6.07 Å². The zero-order chi connectivity index (χ0) is 20.3. The fraction of sp³-hybridized carbons (Fsp3) is 0.263. The zero-order valence-corrected chi connectivity index (χ0v) is 15.6. The van der Waals surface area contributed by atoms with E-state index in [0.717, 1.165) is 25.0 Å². The van der Waals surface area contributed by atoms with E-state index in [1.54, 1.807) is 6.26 Å². The number of nitrogens with one attached hydrogen (secondary N) is 1. The molecule has 1 aliphatic carbocycles. The van der Waals surface area contributed by atoms with Gasteiger partial charge in [0.25, 0.3) is 5.91 Å². The van der Waals surface area contributed by atoms with Crippen LogP contribution in [0, 0.1) is 23.0 Å². The highest BCUT2D eigenvalue weighted by Gasteiger charge is 2.29. The average Bonchev–Trinajstić information content (AvgIpc) is 3.52. The van der Waals surface area contributed by atoms with Crippen molar-refractivity contribution in [1.29, 1.82) is 5.26 Å². The maximum absolute atomic E-state index is 13.6. The molecule has 1 aromatic carbocycles. The Labute approximate surface area is 163 Å². The van der Waals surface area contributed by atoms with Crippen LogP contribution in [-0.2, 0) is 9.53 Å². The van der Waals surface area contributed by atoms with Crippen LogP contribution in [0.2, 0.25) is 0 Å². The normalized spacial score (nSPS) is 12.9. The number of aromatic nitrogens is 1. The van der Waals surface area contributed by atoms with Crippen LogP contribution in [0.3, 0.4) is 0 Å². The van der Waals surface area contributed by atoms with Gasteiger partial charge in [0.05, 0.1) is 16.8 Å². The first kappa shape index (κ1) is 19.8. The van der Waals surface area contributed by atoms with E-state index in [9.17, 15) is 23.6 Å². The number of carbonyl (C=O) groups excluding carboxylic acids is 2. The molecule has 0 spiro atoms. The minimum atomic E-state index is -0.945. The quantitative estimate of drug-likeness (QED) is 0.585. The Morgan fingerprint density at radius 3 is 2.71 bits per heavy atom. The third-order valence-corrected chi connectivity index (χ3v) is 4.75. The first-order chi connectivity index (χ1) is 13.4. The summed E-state index contributed by atoms with van der Waals surface area (Å²) >= 11 is 1.25. The second kappa shape index (κ2) is 8.35. The highest BCUT2D eigenvalue weighted by atomic mass is 32.2. The van der Waals surface area contributed by atoms with Crippen LogP contribution in [-0.4, -0.2) is 29.7 Å². The van der Waals surface area contributed by atoms with Crippen LogP contribution < -0.4 is 5.32 Å². The fourth-order valence-electron chi connectivity index (χ4n) is 2.53. The molecule has 1 aromatic heterocycles. The molecule has 1 amide bonds. The smallest absolute Gasteiger partial charge is 0.340 e. The van der Waals surface area contributed by atoms with E-state index >= 15 is 0 Å². The van der Waals surface area contributed by atoms with Crippen LogP contribution in [0.15, 0.2) is 29.3 Å². The van der Waals surface area contributed by atoms with Gasteiger partial charge >= 0.3 is 5.97 Å². The van der Waals surface area contributed by atoms with Crippen molar-refractivity contribution in [1.82, 2.24) is 4.98 Å². The molecule has 0 aliphatic heterocycles. The summed E-state index contributed by atoms with van der Waals surface area (Å²) in [6.45, 7) is -0.684. The average molecular weight is 403 g/mol. The summed E-state index contributed by atoms with van der Waals surface area (Å²) in [6.07, 6.45) is 3.68. The van der Waals surface area contributed by atoms with Crippen molar-refractivity contribution in [3.63, 3.8) is 0 Å². The molecule has 144 valence electrons. The molecule has 6 nitrogen and oxygen atoms in total. The number of pyridine rings is 1. The molecular weight excluding hydrogens is 388 g/mol. The van der Waals surface area contributed by atoms with Gasteiger partial charge in [0.15, 0.2) is 6.61 Å². The maximum atomic E-state index is 13.6. The summed E-state index contributed by atoms with van der Waals surface area (Å²) in [4.78, 5) is 28.8. The van der Waals surface area contributed by atoms with Crippen LogP contribution in [0.4, 0.5) is 14.5 Å². The number of esters is 1. The largest absolute Gasteiger partial charge is 0.452 e. The molecule has 0 unspecified atom stereocenters. The van der Waals surface area contributed by atoms with Gasteiger partial charge in [0.2, 0.25) is 0 Å². The Morgan fingerprint density at radius 2 is 2.11 bits per heavy atom. The van der Waals surface area contributed by atoms with Gasteiger partial charge in [-0.25, -0.2) is 18.6 Å². The molecule has 3 rings (SSSR count). The van der Waals surface area contributed by atoms with Gasteiger partial charge in [-0.2, -0.15) is 5.26 Å². The molecule has 2 aromatic rings. The minimum absolute atomic E-state index is 0.0458. The highest BCUT2D eigenvalue weighted by molar-refractivity contribution is 7.98. The molecule has 9 heteroatoms. The molecule has 1 heterocycles. The van der Waals surface area contributed by atoms with E-state index in [4.69, 9.17) is 4.74 Å². The van der Waals surface area contributed by atoms with Crippen molar-refractivity contribution >= 4 is 29.3 Å². The van der Waals surface area contributed by atoms with E-state index in [-0.39, 0.29) is 22.7 Å². The number of hydrogen-bond acceptors (Lipinski definition) is 6. The summed E-state index contributed by atoms with van der Waals surface area (Å²) in [5.74, 6) is -3.10. The topological polar surface area (TPSA) is 92.1 Å². The Kier molecular flexibility index (Phi) is 5.90. The van der Waals surface area contributed by atoms with Crippen molar-refractivity contribution in [3.05, 3.63) is 52.7 Å². The van der Waals surface area contributed by atoms with Gasteiger partial charge < -0.3 is 10.1 Å². The zero-order valence-electron chi connectivity index (χ0n) is 14.8. The number of carbonyl (C=O) groups is 2. The van der Waals surface area contributed by atoms with Crippen LogP contribution in [0.25, 0.3) is 0 Å². The molecule has 1 saturated carbocycles. The summed E-state index contributed by atoms with van der Waals surface area (Å²) in [5, 5.41) is 12.0. The summed E-state index contributed by atoms with van der Waals surface area (Å²) < 4.78 is 31.5. The van der Waals surface area contributed by atoms with E-state index in [1.165, 1.54) is 17.8 Å². The molecule has 0 radical (unpaired) electrons. The molecule has 1 N–H and O–H groups in total. The standard InChI is InChI=1S/C19H15F2N3O3S/c1-28-18-13(8-22)12(7-16(24-18)10-2-3-10)19(26)27-9-17(25)23-15-5-4-11(20)6-14(15)21/h4-7,10H,2-3,9H2,1H3,(H,23,25). The number of nitriles is 1. The third-order valence-electron chi connectivity index (χ3n) is 4.07. The van der Waals surface area contributed by atoms with E-state index in [0.29, 0.717) is 16.8 Å². The molecule has 0 saturated heterocycles. The van der Waals surface area contributed by atoms with Gasteiger partial charge in [0, 0.05) is 17.7 Å². The Hall–Kier alpha value is -2.99. The van der Waals surface area contributed by atoms with Crippen molar-refractivity contribution in [2.75, 3.05) is 18.2 Å². The number of nitrogens with zero attached hydrogens (tertiary/aromatic N) is 2. The van der Waals surface area contributed by atoms with Crippen molar-refractivity contribution in [2.24, 2.45) is 0 Å². The number of thioether (sulfide) groups is 1. The lowest BCUT2D eigenvalue weighted by atomic mass is 10.1. The van der Waals surface area contributed by atoms with Crippen LogP contribution in [0.1, 0.15) is 40.4 Å². The lowest BCUT2D eigenvalue weighted by Gasteiger charge is -2.11. The van der Waals surface area contributed by atoms with Crippen molar-refractivity contribution in [2.45, 2.75) is 23.8 Å². The summed E-state index contributed by atoms with van der Waals surface area (Å²) in [7, 11) is 0. The minimum Gasteiger partial charge on any atom is -0.452 e. The predicted molar refractivity (Wildman–Crippen MR) is 98.0 cm³/mol. The molecule has 1 aliphatic rings. The first-order valence-electron chi connectivity index (χ1n) is 8.34. The highest BCUT2D eigenvalue weighted by Crippen LogP contribution is 2.40. The number of ether oxygens (including phenoxy) is 1. The maximum Gasteiger partial charge on any atom is 0.340 e. The number of anilines is 1. The lowest BCUT2D eigenvalue weighted by molar-refractivity contribution is -0.119. The predicted octanol–water partition coefficient (Wildman–Crippen LogP) is 3.63. The molecule has 1 fully saturated rings. The second-order valence-corrected chi connectivity index (χ2v) is 6.91. The molecule has 0 atom stereocenters.